The van der Waals surface area contributed by atoms with Gasteiger partial charge in [0.05, 0.1) is 11.3 Å². The number of halogens is 1. The number of thiophene rings is 1. The molecule has 24 heavy (non-hydrogen) atoms. The van der Waals surface area contributed by atoms with Crippen LogP contribution in [-0.4, -0.2) is 21.2 Å². The van der Waals surface area contributed by atoms with Gasteiger partial charge >= 0.3 is 0 Å². The van der Waals surface area contributed by atoms with Gasteiger partial charge in [-0.2, -0.15) is 0 Å². The summed E-state index contributed by atoms with van der Waals surface area (Å²) in [6.45, 7) is 0.413. The summed E-state index contributed by atoms with van der Waals surface area (Å²) in [7, 11) is 1.67. The van der Waals surface area contributed by atoms with E-state index in [0.717, 1.165) is 5.56 Å². The van der Waals surface area contributed by atoms with Crippen molar-refractivity contribution in [1.29, 1.82) is 0 Å². The molecular formula is C16H14ClN3O2S2. The van der Waals surface area contributed by atoms with E-state index in [1.165, 1.54) is 27.7 Å². The minimum Gasteiger partial charge on any atom is -0.351 e. The van der Waals surface area contributed by atoms with Gasteiger partial charge in [0.25, 0.3) is 5.56 Å². The molecule has 0 radical (unpaired) electrons. The van der Waals surface area contributed by atoms with Crippen molar-refractivity contribution in [3.8, 4) is 0 Å². The molecule has 1 N–H and O–H groups in total. The van der Waals surface area contributed by atoms with Gasteiger partial charge in [-0.05, 0) is 29.1 Å². The zero-order valence-corrected chi connectivity index (χ0v) is 15.2. The Labute approximate surface area is 151 Å². The van der Waals surface area contributed by atoms with Gasteiger partial charge in [-0.25, -0.2) is 4.98 Å². The van der Waals surface area contributed by atoms with Crippen molar-refractivity contribution in [2.75, 3.05) is 5.75 Å². The summed E-state index contributed by atoms with van der Waals surface area (Å²) in [6, 6.07) is 9.15. The van der Waals surface area contributed by atoms with Crippen molar-refractivity contribution in [1.82, 2.24) is 14.9 Å². The highest BCUT2D eigenvalue weighted by atomic mass is 35.5. The van der Waals surface area contributed by atoms with Crippen molar-refractivity contribution < 1.29 is 4.79 Å². The average molecular weight is 380 g/mol. The number of fused-ring (bicyclic) bond motifs is 1. The molecule has 0 aliphatic heterocycles. The van der Waals surface area contributed by atoms with E-state index in [9.17, 15) is 9.59 Å². The highest BCUT2D eigenvalue weighted by Crippen LogP contribution is 2.20. The molecule has 0 atom stereocenters. The number of carbonyl (C=O) groups is 1. The van der Waals surface area contributed by atoms with Crippen LogP contribution in [0.2, 0.25) is 5.02 Å². The lowest BCUT2D eigenvalue weighted by atomic mass is 10.2. The lowest BCUT2D eigenvalue weighted by Gasteiger charge is -2.08. The normalized spacial score (nSPS) is 10.9. The van der Waals surface area contributed by atoms with Crippen molar-refractivity contribution >= 4 is 50.8 Å². The van der Waals surface area contributed by atoms with Crippen LogP contribution in [0.4, 0.5) is 0 Å². The largest absolute Gasteiger partial charge is 0.351 e. The number of thioether (sulfide) groups is 1. The van der Waals surface area contributed by atoms with Gasteiger partial charge in [0.15, 0.2) is 5.16 Å². The Balaban J connectivity index is 1.62. The fourth-order valence-corrected chi connectivity index (χ4v) is 3.95. The zero-order valence-electron chi connectivity index (χ0n) is 12.8. The van der Waals surface area contributed by atoms with Gasteiger partial charge in [-0.15, -0.1) is 11.3 Å². The highest BCUT2D eigenvalue weighted by molar-refractivity contribution is 7.99. The molecule has 0 aliphatic carbocycles. The number of benzene rings is 1. The molecule has 8 heteroatoms. The second kappa shape index (κ2) is 7.38. The minimum atomic E-state index is -0.125. The zero-order chi connectivity index (χ0) is 17.1. The topological polar surface area (TPSA) is 64.0 Å². The smallest absolute Gasteiger partial charge is 0.271 e. The summed E-state index contributed by atoms with van der Waals surface area (Å²) in [5.41, 5.74) is 1.52. The highest BCUT2D eigenvalue weighted by Gasteiger charge is 2.11. The fraction of sp³-hybridized carbons (Fsp3) is 0.188. The monoisotopic (exact) mass is 379 g/mol. The maximum Gasteiger partial charge on any atom is 0.271 e. The first kappa shape index (κ1) is 17.0. The standard InChI is InChI=1S/C16H14ClN3O2S2/c1-20-15(22)14-12(5-6-23-14)19-16(20)24-9-13(21)18-8-10-3-2-4-11(17)7-10/h2-7H,8-9H2,1H3,(H,18,21). The van der Waals surface area contributed by atoms with Gasteiger partial charge in [-0.3, -0.25) is 14.2 Å². The van der Waals surface area contributed by atoms with Crippen molar-refractivity contribution in [2.45, 2.75) is 11.7 Å². The van der Waals surface area contributed by atoms with E-state index in [0.29, 0.717) is 26.9 Å². The summed E-state index contributed by atoms with van der Waals surface area (Å²) in [5, 5.41) is 5.84. The number of hydrogen-bond acceptors (Lipinski definition) is 5. The molecule has 0 aliphatic rings. The van der Waals surface area contributed by atoms with Gasteiger partial charge in [-0.1, -0.05) is 35.5 Å². The van der Waals surface area contributed by atoms with Crippen LogP contribution in [0.5, 0.6) is 0 Å². The molecule has 1 amide bonds. The third-order valence-electron chi connectivity index (χ3n) is 3.36. The van der Waals surface area contributed by atoms with Crippen molar-refractivity contribution in [3.05, 3.63) is 56.7 Å². The second-order valence-corrected chi connectivity index (χ2v) is 7.38. The maximum atomic E-state index is 12.2. The van der Waals surface area contributed by atoms with Crippen LogP contribution < -0.4 is 10.9 Å². The summed E-state index contributed by atoms with van der Waals surface area (Å²) in [5.74, 6) is 0.0656. The van der Waals surface area contributed by atoms with Crippen LogP contribution in [0.15, 0.2) is 45.7 Å². The number of nitrogens with one attached hydrogen (secondary N) is 1. The molecule has 3 rings (SSSR count). The van der Waals surface area contributed by atoms with E-state index in [4.69, 9.17) is 11.6 Å². The Morgan fingerprint density at radius 3 is 3.04 bits per heavy atom. The number of carbonyl (C=O) groups excluding carboxylic acids is 1. The lowest BCUT2D eigenvalue weighted by Crippen LogP contribution is -2.25. The maximum absolute atomic E-state index is 12.2. The molecule has 3 aromatic rings. The SMILES string of the molecule is Cn1c(SCC(=O)NCc2cccc(Cl)c2)nc2ccsc2c1=O. The summed E-state index contributed by atoms with van der Waals surface area (Å²) < 4.78 is 2.11. The van der Waals surface area contributed by atoms with Gasteiger partial charge in [0.1, 0.15) is 4.70 Å². The fourth-order valence-electron chi connectivity index (χ4n) is 2.13. The summed E-state index contributed by atoms with van der Waals surface area (Å²) >= 11 is 8.53. The second-order valence-electron chi connectivity index (χ2n) is 5.09. The molecule has 2 heterocycles. The quantitative estimate of drug-likeness (QED) is 0.546. The number of hydrogen-bond donors (Lipinski definition) is 1. The van der Waals surface area contributed by atoms with Crippen LogP contribution in [-0.2, 0) is 18.4 Å². The molecule has 0 unspecified atom stereocenters. The molecule has 0 spiro atoms. The Bertz CT molecular complexity index is 952. The molecular weight excluding hydrogens is 366 g/mol. The van der Waals surface area contributed by atoms with Crippen LogP contribution in [0.25, 0.3) is 10.2 Å². The molecule has 0 saturated carbocycles. The van der Waals surface area contributed by atoms with E-state index in [1.54, 1.807) is 13.1 Å². The van der Waals surface area contributed by atoms with Crippen molar-refractivity contribution in [3.63, 3.8) is 0 Å². The van der Waals surface area contributed by atoms with Crippen molar-refractivity contribution in [2.24, 2.45) is 7.05 Å². The van der Waals surface area contributed by atoms with E-state index < -0.39 is 0 Å². The Hall–Kier alpha value is -1.83. The van der Waals surface area contributed by atoms with E-state index in [-0.39, 0.29) is 17.2 Å². The first-order chi connectivity index (χ1) is 11.5. The molecule has 0 bridgehead atoms. The third-order valence-corrected chi connectivity index (χ3v) is 5.51. The van der Waals surface area contributed by atoms with E-state index in [1.807, 2.05) is 29.6 Å². The van der Waals surface area contributed by atoms with E-state index >= 15 is 0 Å². The van der Waals surface area contributed by atoms with Crippen LogP contribution >= 0.6 is 34.7 Å². The van der Waals surface area contributed by atoms with Gasteiger partial charge in [0, 0.05) is 18.6 Å². The van der Waals surface area contributed by atoms with Gasteiger partial charge in [0.2, 0.25) is 5.91 Å². The minimum absolute atomic E-state index is 0.0863. The molecule has 2 aromatic heterocycles. The lowest BCUT2D eigenvalue weighted by molar-refractivity contribution is -0.118. The average Bonchev–Trinajstić information content (AvgIpc) is 3.03. The van der Waals surface area contributed by atoms with Crippen LogP contribution in [0.3, 0.4) is 0 Å². The predicted octanol–water partition coefficient (Wildman–Crippen LogP) is 3.06. The van der Waals surface area contributed by atoms with E-state index in [2.05, 4.69) is 10.3 Å². The number of aromatic nitrogens is 2. The Kier molecular flexibility index (Phi) is 5.23. The summed E-state index contributed by atoms with van der Waals surface area (Å²) in [6.07, 6.45) is 0. The Morgan fingerprint density at radius 2 is 2.25 bits per heavy atom. The third kappa shape index (κ3) is 3.80. The Morgan fingerprint density at radius 1 is 1.42 bits per heavy atom. The number of nitrogens with zero attached hydrogens (tertiary/aromatic N) is 2. The van der Waals surface area contributed by atoms with Crippen LogP contribution in [0, 0.1) is 0 Å². The number of rotatable bonds is 5. The predicted molar refractivity (Wildman–Crippen MR) is 98.9 cm³/mol. The van der Waals surface area contributed by atoms with Crippen LogP contribution in [0.1, 0.15) is 5.56 Å². The first-order valence-electron chi connectivity index (χ1n) is 7.13. The van der Waals surface area contributed by atoms with Gasteiger partial charge < -0.3 is 5.32 Å². The molecule has 124 valence electrons. The number of amides is 1. The molecule has 5 nitrogen and oxygen atoms in total. The molecule has 0 saturated heterocycles. The molecule has 1 aromatic carbocycles. The summed E-state index contributed by atoms with van der Waals surface area (Å²) in [4.78, 5) is 28.6. The first-order valence-corrected chi connectivity index (χ1v) is 9.37. The molecule has 0 fully saturated rings.